The summed E-state index contributed by atoms with van der Waals surface area (Å²) in [5.74, 6) is 1.61. The monoisotopic (exact) mass is 630 g/mol. The molecule has 0 amide bonds. The number of hydrogen-bond acceptors (Lipinski definition) is 11. The molecular formula is C31H27ClN14. The topological polar surface area (TPSA) is 167 Å². The Morgan fingerprint density at radius 2 is 1.26 bits per heavy atom. The highest BCUT2D eigenvalue weighted by Gasteiger charge is 2.11. The van der Waals surface area contributed by atoms with Crippen molar-refractivity contribution in [2.45, 2.75) is 25.7 Å². The number of aromatic nitrogens is 14. The third-order valence-corrected chi connectivity index (χ3v) is 6.88. The number of H-pyrrole nitrogens is 1. The van der Waals surface area contributed by atoms with E-state index in [9.17, 15) is 0 Å². The van der Waals surface area contributed by atoms with Crippen LogP contribution >= 0.6 is 11.6 Å². The largest absolute Gasteiger partial charge is 0.266 e. The van der Waals surface area contributed by atoms with Gasteiger partial charge in [0.2, 0.25) is 0 Å². The van der Waals surface area contributed by atoms with Gasteiger partial charge in [-0.1, -0.05) is 17.7 Å². The van der Waals surface area contributed by atoms with E-state index in [-0.39, 0.29) is 0 Å². The first-order chi connectivity index (χ1) is 22.7. The first-order valence-corrected chi connectivity index (χ1v) is 14.7. The average Bonchev–Trinajstić information content (AvgIpc) is 3.95. The first-order valence-electron chi connectivity index (χ1n) is 14.3. The molecule has 0 aliphatic heterocycles. The normalized spacial score (nSPS) is 11.7. The van der Waals surface area contributed by atoms with Gasteiger partial charge in [0.05, 0.1) is 22.1 Å². The van der Waals surface area contributed by atoms with Crippen molar-refractivity contribution in [2.75, 3.05) is 0 Å². The molecule has 1 N–H and O–H groups in total. The van der Waals surface area contributed by atoms with Crippen LogP contribution < -0.4 is 0 Å². The SMILES string of the molecule is Clc1ccc2ncccc2n1.c1cnc2ccc(-n3cncn3)nc2c1.c1nc[nH]n1.c1ncn(-c2ccc3c(n2)CCCC3)n1. The van der Waals surface area contributed by atoms with Crippen LogP contribution in [0.2, 0.25) is 5.15 Å². The van der Waals surface area contributed by atoms with Crippen LogP contribution in [0, 0.1) is 0 Å². The number of pyridine rings is 5. The summed E-state index contributed by atoms with van der Waals surface area (Å²) in [5, 5.41) is 14.6. The molecule has 15 heteroatoms. The summed E-state index contributed by atoms with van der Waals surface area (Å²) in [7, 11) is 0. The van der Waals surface area contributed by atoms with Gasteiger partial charge in [-0.2, -0.15) is 15.3 Å². The molecule has 1 aliphatic carbocycles. The van der Waals surface area contributed by atoms with Crippen molar-refractivity contribution < 1.29 is 0 Å². The third kappa shape index (κ3) is 7.92. The predicted octanol–water partition coefficient (Wildman–Crippen LogP) is 4.84. The van der Waals surface area contributed by atoms with Crippen LogP contribution in [0.15, 0.2) is 111 Å². The molecule has 0 saturated heterocycles. The number of nitrogens with one attached hydrogen (secondary N) is 1. The molecule has 0 spiro atoms. The van der Waals surface area contributed by atoms with Crippen LogP contribution in [0.1, 0.15) is 24.1 Å². The molecule has 1 aliphatic rings. The molecule has 9 rings (SSSR count). The highest BCUT2D eigenvalue weighted by molar-refractivity contribution is 6.29. The zero-order valence-corrected chi connectivity index (χ0v) is 25.2. The minimum absolute atomic E-state index is 0.505. The van der Waals surface area contributed by atoms with Crippen molar-refractivity contribution in [1.82, 2.24) is 69.6 Å². The molecule has 0 bridgehead atoms. The fourth-order valence-electron chi connectivity index (χ4n) is 4.52. The molecule has 8 heterocycles. The van der Waals surface area contributed by atoms with Gasteiger partial charge in [0, 0.05) is 18.1 Å². The Hall–Kier alpha value is -6.02. The van der Waals surface area contributed by atoms with Crippen LogP contribution in [-0.2, 0) is 12.8 Å². The van der Waals surface area contributed by atoms with Crippen molar-refractivity contribution in [3.05, 3.63) is 127 Å². The number of rotatable bonds is 2. The molecule has 46 heavy (non-hydrogen) atoms. The van der Waals surface area contributed by atoms with Crippen molar-refractivity contribution in [3.8, 4) is 11.6 Å². The van der Waals surface area contributed by atoms with Crippen molar-refractivity contribution in [1.29, 1.82) is 0 Å². The summed E-state index contributed by atoms with van der Waals surface area (Å²) in [6, 6.07) is 19.0. The number of halogens is 1. The maximum absolute atomic E-state index is 5.68. The first kappa shape index (κ1) is 30.0. The lowest BCUT2D eigenvalue weighted by Gasteiger charge is -2.14. The summed E-state index contributed by atoms with van der Waals surface area (Å²) in [4.78, 5) is 32.8. The van der Waals surface area contributed by atoms with Gasteiger partial charge in [-0.3, -0.25) is 15.1 Å². The second-order valence-corrected chi connectivity index (χ2v) is 10.1. The highest BCUT2D eigenvalue weighted by atomic mass is 35.5. The van der Waals surface area contributed by atoms with E-state index in [1.165, 1.54) is 55.8 Å². The van der Waals surface area contributed by atoms with Gasteiger partial charge in [-0.15, -0.1) is 0 Å². The van der Waals surface area contributed by atoms with E-state index in [0.29, 0.717) is 5.15 Å². The van der Waals surface area contributed by atoms with Crippen molar-refractivity contribution >= 4 is 33.7 Å². The van der Waals surface area contributed by atoms with Crippen molar-refractivity contribution in [2.24, 2.45) is 0 Å². The van der Waals surface area contributed by atoms with Gasteiger partial charge < -0.3 is 0 Å². The van der Waals surface area contributed by atoms with Crippen LogP contribution in [-0.4, -0.2) is 69.6 Å². The smallest absolute Gasteiger partial charge is 0.156 e. The Labute approximate surface area is 267 Å². The van der Waals surface area contributed by atoms with E-state index in [1.807, 2.05) is 48.5 Å². The molecule has 8 aromatic heterocycles. The lowest BCUT2D eigenvalue weighted by molar-refractivity contribution is 0.662. The number of nitrogens with zero attached hydrogens (tertiary/aromatic N) is 13. The fraction of sp³-hybridized carbons (Fsp3) is 0.129. The van der Waals surface area contributed by atoms with Crippen LogP contribution in [0.4, 0.5) is 0 Å². The summed E-state index contributed by atoms with van der Waals surface area (Å²) in [6.45, 7) is 0. The number of aryl methyl sites for hydroxylation is 2. The Morgan fingerprint density at radius 1 is 0.609 bits per heavy atom. The van der Waals surface area contributed by atoms with Crippen molar-refractivity contribution in [3.63, 3.8) is 0 Å². The standard InChI is InChI=1S/C11H12N4.C10H7N5.C8H5ClN2.C2H3N3/c1-2-4-10-9(3-1)5-6-11(14-10)15-8-12-7-13-15;1-2-9-8(12-5-1)3-4-10(14-9)15-7-11-6-13-15;9-8-4-3-6-7(11-8)2-1-5-10-6;1-3-2-5-4-1/h5-8H,1-4H2;1-7H;1-5H;1-2H,(H,3,4,5). The van der Waals surface area contributed by atoms with E-state index in [1.54, 1.807) is 40.5 Å². The molecule has 0 fully saturated rings. The van der Waals surface area contributed by atoms with E-state index < -0.39 is 0 Å². The minimum atomic E-state index is 0.505. The van der Waals surface area contributed by atoms with Gasteiger partial charge in [0.25, 0.3) is 0 Å². The molecule has 0 radical (unpaired) electrons. The van der Waals surface area contributed by atoms with Gasteiger partial charge in [-0.05, 0) is 85.8 Å². The molecule has 0 atom stereocenters. The summed E-state index contributed by atoms with van der Waals surface area (Å²) < 4.78 is 3.32. The molecule has 14 nitrogen and oxygen atoms in total. The molecule has 0 aromatic carbocycles. The van der Waals surface area contributed by atoms with Gasteiger partial charge in [0.15, 0.2) is 11.6 Å². The maximum Gasteiger partial charge on any atom is 0.156 e. The minimum Gasteiger partial charge on any atom is -0.266 e. The zero-order valence-electron chi connectivity index (χ0n) is 24.4. The molecule has 0 saturated carbocycles. The second-order valence-electron chi connectivity index (χ2n) is 9.70. The number of fused-ring (bicyclic) bond motifs is 3. The lowest BCUT2D eigenvalue weighted by Crippen LogP contribution is -2.08. The van der Waals surface area contributed by atoms with E-state index in [2.05, 4.69) is 66.3 Å². The van der Waals surface area contributed by atoms with Crippen LogP contribution in [0.25, 0.3) is 33.7 Å². The van der Waals surface area contributed by atoms with E-state index in [4.69, 9.17) is 11.6 Å². The molecule has 228 valence electrons. The summed E-state index contributed by atoms with van der Waals surface area (Å²) >= 11 is 5.68. The van der Waals surface area contributed by atoms with E-state index in [0.717, 1.165) is 40.1 Å². The zero-order chi connectivity index (χ0) is 31.4. The van der Waals surface area contributed by atoms with Crippen LogP contribution in [0.5, 0.6) is 0 Å². The van der Waals surface area contributed by atoms with E-state index >= 15 is 0 Å². The summed E-state index contributed by atoms with van der Waals surface area (Å²) in [6.07, 6.45) is 17.5. The second kappa shape index (κ2) is 15.1. The number of aromatic amines is 1. The number of hydrogen-bond donors (Lipinski definition) is 1. The average molecular weight is 631 g/mol. The molecule has 0 unspecified atom stereocenters. The summed E-state index contributed by atoms with van der Waals surface area (Å²) in [5.41, 5.74) is 6.06. The Balaban J connectivity index is 0.000000114. The molecular weight excluding hydrogens is 604 g/mol. The Bertz CT molecular complexity index is 2060. The van der Waals surface area contributed by atoms with Crippen LogP contribution in [0.3, 0.4) is 0 Å². The highest BCUT2D eigenvalue weighted by Crippen LogP contribution is 2.20. The fourth-order valence-corrected chi connectivity index (χ4v) is 4.68. The van der Waals surface area contributed by atoms with Gasteiger partial charge in [0.1, 0.15) is 43.1 Å². The third-order valence-electron chi connectivity index (χ3n) is 6.67. The van der Waals surface area contributed by atoms with Gasteiger partial charge in [-0.25, -0.2) is 39.3 Å². The molecule has 8 aromatic rings. The maximum atomic E-state index is 5.68. The lowest BCUT2D eigenvalue weighted by atomic mass is 9.96. The Morgan fingerprint density at radius 3 is 1.89 bits per heavy atom. The Kier molecular flexibility index (Phi) is 9.87. The quantitative estimate of drug-likeness (QED) is 0.259. The van der Waals surface area contributed by atoms with Gasteiger partial charge >= 0.3 is 0 Å². The predicted molar refractivity (Wildman–Crippen MR) is 171 cm³/mol.